The van der Waals surface area contributed by atoms with Crippen molar-refractivity contribution in [2.75, 3.05) is 37.6 Å². The maximum atomic E-state index is 11.7. The number of nitrogens with one attached hydrogen (secondary N) is 2. The molecule has 2 N–H and O–H groups in total. The molecule has 1 unspecified atom stereocenters. The minimum absolute atomic E-state index is 0.0939. The van der Waals surface area contributed by atoms with Gasteiger partial charge in [0.15, 0.2) is 0 Å². The van der Waals surface area contributed by atoms with Crippen LogP contribution in [0.2, 0.25) is 0 Å². The van der Waals surface area contributed by atoms with Crippen LogP contribution < -0.4 is 15.5 Å². The first kappa shape index (κ1) is 14.2. The third-order valence-corrected chi connectivity index (χ3v) is 4.37. The third kappa shape index (κ3) is 2.83. The summed E-state index contributed by atoms with van der Waals surface area (Å²) >= 11 is 0. The Labute approximate surface area is 126 Å². The number of amides is 2. The number of aryl methyl sites for hydroxylation is 1. The summed E-state index contributed by atoms with van der Waals surface area (Å²) in [7, 11) is 0. The number of urea groups is 1. The first-order chi connectivity index (χ1) is 10.2. The van der Waals surface area contributed by atoms with Crippen LogP contribution in [0.25, 0.3) is 0 Å². The van der Waals surface area contributed by atoms with Crippen molar-refractivity contribution in [2.24, 2.45) is 0 Å². The van der Waals surface area contributed by atoms with Crippen LogP contribution in [0.5, 0.6) is 0 Å². The van der Waals surface area contributed by atoms with E-state index in [0.29, 0.717) is 6.04 Å². The lowest BCUT2D eigenvalue weighted by Crippen LogP contribution is -2.52. The second kappa shape index (κ2) is 5.93. The molecule has 114 valence electrons. The van der Waals surface area contributed by atoms with Crippen molar-refractivity contribution < 1.29 is 4.79 Å². The highest BCUT2D eigenvalue weighted by molar-refractivity contribution is 5.77. The SMILES string of the molecule is CCNCc1cc(C)ccc1N1CCN2C(=O)NCC2C1. The minimum atomic E-state index is 0.0939. The molecule has 0 radical (unpaired) electrons. The molecule has 5 nitrogen and oxygen atoms in total. The highest BCUT2D eigenvalue weighted by Crippen LogP contribution is 2.26. The van der Waals surface area contributed by atoms with Crippen molar-refractivity contribution >= 4 is 11.7 Å². The average Bonchev–Trinajstić information content (AvgIpc) is 2.86. The monoisotopic (exact) mass is 288 g/mol. The number of nitrogens with zero attached hydrogens (tertiary/aromatic N) is 2. The molecule has 2 fully saturated rings. The predicted octanol–water partition coefficient (Wildman–Crippen LogP) is 1.32. The van der Waals surface area contributed by atoms with Gasteiger partial charge in [-0.2, -0.15) is 0 Å². The second-order valence-corrected chi connectivity index (χ2v) is 5.89. The number of benzene rings is 1. The van der Waals surface area contributed by atoms with Crippen LogP contribution in [-0.2, 0) is 6.54 Å². The Balaban J connectivity index is 1.79. The smallest absolute Gasteiger partial charge is 0.317 e. The van der Waals surface area contributed by atoms with Gasteiger partial charge in [-0.25, -0.2) is 4.79 Å². The van der Waals surface area contributed by atoms with Crippen molar-refractivity contribution in [1.29, 1.82) is 0 Å². The van der Waals surface area contributed by atoms with Crippen LogP contribution in [0.1, 0.15) is 18.1 Å². The lowest BCUT2D eigenvalue weighted by atomic mass is 10.1. The van der Waals surface area contributed by atoms with Gasteiger partial charge in [0, 0.05) is 38.4 Å². The summed E-state index contributed by atoms with van der Waals surface area (Å²) in [4.78, 5) is 16.1. The van der Waals surface area contributed by atoms with Gasteiger partial charge in [0.2, 0.25) is 0 Å². The molecule has 1 atom stereocenters. The molecule has 2 saturated heterocycles. The fourth-order valence-electron chi connectivity index (χ4n) is 3.25. The molecule has 1 aromatic rings. The van der Waals surface area contributed by atoms with Gasteiger partial charge in [0.25, 0.3) is 0 Å². The first-order valence-electron chi connectivity index (χ1n) is 7.78. The normalized spacial score (nSPS) is 21.4. The molecule has 2 aliphatic heterocycles. The van der Waals surface area contributed by atoms with E-state index in [2.05, 4.69) is 47.6 Å². The summed E-state index contributed by atoms with van der Waals surface area (Å²) in [5.41, 5.74) is 3.95. The molecule has 2 aliphatic rings. The van der Waals surface area contributed by atoms with Gasteiger partial charge in [-0.3, -0.25) is 0 Å². The molecule has 1 aromatic carbocycles. The Morgan fingerprint density at radius 2 is 2.24 bits per heavy atom. The van der Waals surface area contributed by atoms with Crippen LogP contribution in [0.4, 0.5) is 10.5 Å². The van der Waals surface area contributed by atoms with Gasteiger partial charge >= 0.3 is 6.03 Å². The van der Waals surface area contributed by atoms with Gasteiger partial charge in [-0.05, 0) is 25.1 Å². The molecule has 5 heteroatoms. The maximum absolute atomic E-state index is 11.7. The summed E-state index contributed by atoms with van der Waals surface area (Å²) in [5, 5.41) is 6.36. The highest BCUT2D eigenvalue weighted by atomic mass is 16.2. The molecule has 2 heterocycles. The van der Waals surface area contributed by atoms with E-state index in [1.54, 1.807) is 0 Å². The quantitative estimate of drug-likeness (QED) is 0.878. The van der Waals surface area contributed by atoms with Crippen LogP contribution in [0.15, 0.2) is 18.2 Å². The molecule has 0 bridgehead atoms. The maximum Gasteiger partial charge on any atom is 0.317 e. The van der Waals surface area contributed by atoms with Crippen molar-refractivity contribution in [2.45, 2.75) is 26.4 Å². The van der Waals surface area contributed by atoms with E-state index in [4.69, 9.17) is 0 Å². The Hall–Kier alpha value is -1.75. The number of hydrogen-bond acceptors (Lipinski definition) is 3. The molecule has 21 heavy (non-hydrogen) atoms. The Kier molecular flexibility index (Phi) is 4.01. The zero-order valence-electron chi connectivity index (χ0n) is 12.9. The number of carbonyl (C=O) groups excluding carboxylic acids is 1. The Bertz CT molecular complexity index is 531. The molecule has 3 rings (SSSR count). The topological polar surface area (TPSA) is 47.6 Å². The van der Waals surface area contributed by atoms with E-state index >= 15 is 0 Å². The zero-order valence-corrected chi connectivity index (χ0v) is 12.9. The fourth-order valence-corrected chi connectivity index (χ4v) is 3.25. The van der Waals surface area contributed by atoms with E-state index in [9.17, 15) is 4.79 Å². The Morgan fingerprint density at radius 3 is 3.05 bits per heavy atom. The standard InChI is InChI=1S/C16H24N4O/c1-3-17-9-13-8-12(2)4-5-15(13)19-6-7-20-14(11-19)10-18-16(20)21/h4-5,8,14,17H,3,6-7,9-11H2,1-2H3,(H,18,21). The summed E-state index contributed by atoms with van der Waals surface area (Å²) in [6.07, 6.45) is 0. The largest absolute Gasteiger partial charge is 0.367 e. The number of hydrogen-bond donors (Lipinski definition) is 2. The molecule has 0 spiro atoms. The van der Waals surface area contributed by atoms with Crippen molar-refractivity contribution in [1.82, 2.24) is 15.5 Å². The average molecular weight is 288 g/mol. The number of carbonyl (C=O) groups is 1. The van der Waals surface area contributed by atoms with Crippen molar-refractivity contribution in [3.05, 3.63) is 29.3 Å². The molecule has 2 amide bonds. The summed E-state index contributed by atoms with van der Waals surface area (Å²) < 4.78 is 0. The van der Waals surface area contributed by atoms with Gasteiger partial charge < -0.3 is 20.4 Å². The molecule has 0 saturated carbocycles. The Morgan fingerprint density at radius 1 is 1.38 bits per heavy atom. The summed E-state index contributed by atoms with van der Waals surface area (Å²) in [5.74, 6) is 0. The van der Waals surface area contributed by atoms with Gasteiger partial charge in [0.1, 0.15) is 0 Å². The van der Waals surface area contributed by atoms with Crippen LogP contribution in [0.3, 0.4) is 0 Å². The first-order valence-corrected chi connectivity index (χ1v) is 7.78. The van der Waals surface area contributed by atoms with E-state index in [1.807, 2.05) is 4.90 Å². The molecule has 0 aliphatic carbocycles. The molecule has 0 aromatic heterocycles. The van der Waals surface area contributed by atoms with Gasteiger partial charge in [0.05, 0.1) is 6.04 Å². The predicted molar refractivity (Wildman–Crippen MR) is 84.7 cm³/mol. The lowest BCUT2D eigenvalue weighted by Gasteiger charge is -2.38. The fraction of sp³-hybridized carbons (Fsp3) is 0.562. The summed E-state index contributed by atoms with van der Waals surface area (Å²) in [6.45, 7) is 9.54. The van der Waals surface area contributed by atoms with Crippen molar-refractivity contribution in [3.8, 4) is 0 Å². The van der Waals surface area contributed by atoms with Gasteiger partial charge in [-0.1, -0.05) is 24.6 Å². The third-order valence-electron chi connectivity index (χ3n) is 4.37. The highest BCUT2D eigenvalue weighted by Gasteiger charge is 2.35. The second-order valence-electron chi connectivity index (χ2n) is 5.89. The van der Waals surface area contributed by atoms with E-state index in [0.717, 1.165) is 39.3 Å². The lowest BCUT2D eigenvalue weighted by molar-refractivity contribution is 0.197. The molecular formula is C16H24N4O. The zero-order chi connectivity index (χ0) is 14.8. The van der Waals surface area contributed by atoms with Crippen LogP contribution in [-0.4, -0.2) is 49.7 Å². The number of piperazine rings is 1. The summed E-state index contributed by atoms with van der Waals surface area (Å²) in [6, 6.07) is 7.07. The van der Waals surface area contributed by atoms with Gasteiger partial charge in [-0.15, -0.1) is 0 Å². The number of fused-ring (bicyclic) bond motifs is 1. The van der Waals surface area contributed by atoms with Crippen LogP contribution in [0, 0.1) is 6.92 Å². The molecular weight excluding hydrogens is 264 g/mol. The minimum Gasteiger partial charge on any atom is -0.367 e. The number of rotatable bonds is 4. The van der Waals surface area contributed by atoms with E-state index in [-0.39, 0.29) is 6.03 Å². The van der Waals surface area contributed by atoms with E-state index in [1.165, 1.54) is 16.8 Å². The van der Waals surface area contributed by atoms with Crippen molar-refractivity contribution in [3.63, 3.8) is 0 Å². The number of anilines is 1. The van der Waals surface area contributed by atoms with E-state index < -0.39 is 0 Å². The van der Waals surface area contributed by atoms with Crippen LogP contribution >= 0.6 is 0 Å².